The van der Waals surface area contributed by atoms with E-state index in [0.717, 1.165) is 5.92 Å². The first-order valence-electron chi connectivity index (χ1n) is 7.47. The molecule has 0 aromatic rings. The molecule has 0 radical (unpaired) electrons. The van der Waals surface area contributed by atoms with E-state index in [9.17, 15) is 0 Å². The minimum absolute atomic E-state index is 0.479. The van der Waals surface area contributed by atoms with Crippen molar-refractivity contribution in [1.29, 1.82) is 0 Å². The van der Waals surface area contributed by atoms with Gasteiger partial charge in [-0.05, 0) is 18.8 Å². The Morgan fingerprint density at radius 1 is 0.938 bits per heavy atom. The summed E-state index contributed by atoms with van der Waals surface area (Å²) in [7, 11) is 0. The second kappa shape index (κ2) is 9.33. The molecule has 1 aliphatic rings. The molecular formula is C15H29Cl. The number of hydrogen-bond donors (Lipinski definition) is 0. The Balaban J connectivity index is 1.98. The van der Waals surface area contributed by atoms with E-state index in [2.05, 4.69) is 6.92 Å². The van der Waals surface area contributed by atoms with Crippen LogP contribution in [-0.4, -0.2) is 5.38 Å². The molecule has 1 aliphatic carbocycles. The van der Waals surface area contributed by atoms with Crippen LogP contribution in [-0.2, 0) is 0 Å². The van der Waals surface area contributed by atoms with E-state index in [1.807, 2.05) is 0 Å². The Morgan fingerprint density at radius 3 is 2.44 bits per heavy atom. The number of unbranched alkanes of at least 4 members (excludes halogenated alkanes) is 5. The maximum absolute atomic E-state index is 6.30. The van der Waals surface area contributed by atoms with Crippen LogP contribution in [0.5, 0.6) is 0 Å². The molecule has 0 amide bonds. The molecule has 1 saturated carbocycles. The quantitative estimate of drug-likeness (QED) is 0.296. The number of rotatable bonds is 7. The summed E-state index contributed by atoms with van der Waals surface area (Å²) in [5.74, 6) is 0.941. The van der Waals surface area contributed by atoms with Crippen molar-refractivity contribution in [3.05, 3.63) is 0 Å². The second-order valence-corrected chi connectivity index (χ2v) is 6.16. The average Bonchev–Trinajstić information content (AvgIpc) is 2.48. The Morgan fingerprint density at radius 2 is 1.62 bits per heavy atom. The van der Waals surface area contributed by atoms with Crippen molar-refractivity contribution in [2.75, 3.05) is 0 Å². The van der Waals surface area contributed by atoms with Crippen LogP contribution in [0.25, 0.3) is 0 Å². The van der Waals surface area contributed by atoms with Crippen LogP contribution in [0.2, 0.25) is 0 Å². The van der Waals surface area contributed by atoms with Gasteiger partial charge in [0.25, 0.3) is 0 Å². The molecular weight excluding hydrogens is 216 g/mol. The Labute approximate surface area is 107 Å². The van der Waals surface area contributed by atoms with Gasteiger partial charge >= 0.3 is 0 Å². The van der Waals surface area contributed by atoms with E-state index >= 15 is 0 Å². The summed E-state index contributed by atoms with van der Waals surface area (Å²) in [6.45, 7) is 2.28. The van der Waals surface area contributed by atoms with Crippen molar-refractivity contribution in [3.8, 4) is 0 Å². The standard InChI is InChI=1S/C15H29Cl/c1-2-3-4-5-6-7-10-14-11-8-9-12-15(16)13-14/h14-15H,2-13H2,1H3. The molecule has 1 heteroatoms. The van der Waals surface area contributed by atoms with Crippen molar-refractivity contribution in [1.82, 2.24) is 0 Å². The van der Waals surface area contributed by atoms with Crippen LogP contribution < -0.4 is 0 Å². The third kappa shape index (κ3) is 6.78. The predicted molar refractivity (Wildman–Crippen MR) is 74.2 cm³/mol. The van der Waals surface area contributed by atoms with Crippen LogP contribution in [0.3, 0.4) is 0 Å². The highest BCUT2D eigenvalue weighted by atomic mass is 35.5. The van der Waals surface area contributed by atoms with E-state index in [4.69, 9.17) is 11.6 Å². The van der Waals surface area contributed by atoms with Crippen molar-refractivity contribution >= 4 is 11.6 Å². The summed E-state index contributed by atoms with van der Waals surface area (Å²) in [5.41, 5.74) is 0. The molecule has 1 fully saturated rings. The van der Waals surface area contributed by atoms with Gasteiger partial charge in [-0.25, -0.2) is 0 Å². The molecule has 0 aromatic heterocycles. The number of alkyl halides is 1. The largest absolute Gasteiger partial charge is 0.123 e. The summed E-state index contributed by atoms with van der Waals surface area (Å²) in [5, 5.41) is 0.479. The first-order chi connectivity index (χ1) is 7.83. The van der Waals surface area contributed by atoms with Gasteiger partial charge in [-0.1, -0.05) is 71.1 Å². The fraction of sp³-hybridized carbons (Fsp3) is 1.00. The zero-order chi connectivity index (χ0) is 11.6. The molecule has 0 saturated heterocycles. The van der Waals surface area contributed by atoms with Crippen LogP contribution in [0, 0.1) is 5.92 Å². The molecule has 0 bridgehead atoms. The van der Waals surface area contributed by atoms with E-state index in [1.165, 1.54) is 77.0 Å². The first kappa shape index (κ1) is 14.4. The summed E-state index contributed by atoms with van der Waals surface area (Å²) < 4.78 is 0. The molecule has 2 unspecified atom stereocenters. The summed E-state index contributed by atoms with van der Waals surface area (Å²) in [6.07, 6.45) is 16.8. The summed E-state index contributed by atoms with van der Waals surface area (Å²) in [4.78, 5) is 0. The number of hydrogen-bond acceptors (Lipinski definition) is 0. The molecule has 0 spiro atoms. The minimum Gasteiger partial charge on any atom is -0.123 e. The molecule has 16 heavy (non-hydrogen) atoms. The maximum atomic E-state index is 6.30. The van der Waals surface area contributed by atoms with Gasteiger partial charge in [-0.15, -0.1) is 11.6 Å². The van der Waals surface area contributed by atoms with Gasteiger partial charge in [-0.3, -0.25) is 0 Å². The summed E-state index contributed by atoms with van der Waals surface area (Å²) >= 11 is 6.30. The molecule has 0 aliphatic heterocycles. The van der Waals surface area contributed by atoms with Crippen LogP contribution in [0.4, 0.5) is 0 Å². The van der Waals surface area contributed by atoms with E-state index < -0.39 is 0 Å². The molecule has 96 valence electrons. The summed E-state index contributed by atoms with van der Waals surface area (Å²) in [6, 6.07) is 0. The van der Waals surface area contributed by atoms with Crippen LogP contribution in [0.1, 0.15) is 84.0 Å². The fourth-order valence-corrected chi connectivity index (χ4v) is 3.28. The average molecular weight is 245 g/mol. The van der Waals surface area contributed by atoms with Crippen LogP contribution >= 0.6 is 11.6 Å². The van der Waals surface area contributed by atoms with Gasteiger partial charge in [0, 0.05) is 5.38 Å². The third-order valence-electron chi connectivity index (χ3n) is 3.93. The second-order valence-electron chi connectivity index (χ2n) is 5.54. The van der Waals surface area contributed by atoms with Gasteiger partial charge in [0.1, 0.15) is 0 Å². The van der Waals surface area contributed by atoms with E-state index in [0.29, 0.717) is 5.38 Å². The molecule has 0 heterocycles. The van der Waals surface area contributed by atoms with Crippen LogP contribution in [0.15, 0.2) is 0 Å². The van der Waals surface area contributed by atoms with Crippen molar-refractivity contribution < 1.29 is 0 Å². The fourth-order valence-electron chi connectivity index (χ4n) is 2.87. The van der Waals surface area contributed by atoms with Gasteiger partial charge in [0.2, 0.25) is 0 Å². The molecule has 0 nitrogen and oxygen atoms in total. The highest BCUT2D eigenvalue weighted by molar-refractivity contribution is 6.20. The predicted octanol–water partition coefficient (Wildman–Crippen LogP) is 5.92. The van der Waals surface area contributed by atoms with E-state index in [1.54, 1.807) is 0 Å². The van der Waals surface area contributed by atoms with Gasteiger partial charge in [-0.2, -0.15) is 0 Å². The highest BCUT2D eigenvalue weighted by Crippen LogP contribution is 2.30. The lowest BCUT2D eigenvalue weighted by Gasteiger charge is -2.15. The molecule has 0 aromatic carbocycles. The molecule has 1 rings (SSSR count). The minimum atomic E-state index is 0.479. The monoisotopic (exact) mass is 244 g/mol. The van der Waals surface area contributed by atoms with E-state index in [-0.39, 0.29) is 0 Å². The maximum Gasteiger partial charge on any atom is 0.0338 e. The Bertz CT molecular complexity index is 156. The first-order valence-corrected chi connectivity index (χ1v) is 7.90. The molecule has 2 atom stereocenters. The smallest absolute Gasteiger partial charge is 0.0338 e. The third-order valence-corrected chi connectivity index (χ3v) is 4.33. The SMILES string of the molecule is CCCCCCCCC1CCCCC(Cl)C1. The Hall–Kier alpha value is 0.290. The normalized spacial score (nSPS) is 26.6. The van der Waals surface area contributed by atoms with Crippen molar-refractivity contribution in [3.63, 3.8) is 0 Å². The zero-order valence-corrected chi connectivity index (χ0v) is 11.8. The van der Waals surface area contributed by atoms with Gasteiger partial charge in [0.05, 0.1) is 0 Å². The lowest BCUT2D eigenvalue weighted by molar-refractivity contribution is 0.406. The lowest BCUT2D eigenvalue weighted by atomic mass is 9.93. The highest BCUT2D eigenvalue weighted by Gasteiger charge is 2.17. The van der Waals surface area contributed by atoms with Crippen molar-refractivity contribution in [2.45, 2.75) is 89.4 Å². The zero-order valence-electron chi connectivity index (χ0n) is 11.0. The number of halogens is 1. The van der Waals surface area contributed by atoms with Crippen molar-refractivity contribution in [2.24, 2.45) is 5.92 Å². The topological polar surface area (TPSA) is 0 Å². The molecule has 0 N–H and O–H groups in total. The lowest BCUT2D eigenvalue weighted by Crippen LogP contribution is -2.05. The van der Waals surface area contributed by atoms with Gasteiger partial charge < -0.3 is 0 Å². The van der Waals surface area contributed by atoms with Gasteiger partial charge in [0.15, 0.2) is 0 Å². The Kier molecular flexibility index (Phi) is 8.37.